The van der Waals surface area contributed by atoms with Crippen LogP contribution in [0.5, 0.6) is 0 Å². The van der Waals surface area contributed by atoms with Crippen LogP contribution in [-0.2, 0) is 24.2 Å². The van der Waals surface area contributed by atoms with Crippen LogP contribution in [0.4, 0.5) is 0 Å². The van der Waals surface area contributed by atoms with Crippen molar-refractivity contribution in [1.29, 1.82) is 0 Å². The van der Waals surface area contributed by atoms with Crippen LogP contribution in [0.1, 0.15) is 40.0 Å². The first-order valence-electron chi connectivity index (χ1n) is 8.47. The van der Waals surface area contributed by atoms with Crippen LogP contribution >= 0.6 is 0 Å². The third-order valence-electron chi connectivity index (χ3n) is 4.56. The summed E-state index contributed by atoms with van der Waals surface area (Å²) in [5.74, 6) is -0.386. The maximum atomic E-state index is 12.3. The number of benzene rings is 1. The van der Waals surface area contributed by atoms with Gasteiger partial charge in [-0.2, -0.15) is 0 Å². The number of carbonyl (C=O) groups is 1. The van der Waals surface area contributed by atoms with Crippen molar-refractivity contribution in [3.63, 3.8) is 0 Å². The van der Waals surface area contributed by atoms with Crippen LogP contribution in [0.25, 0.3) is 5.65 Å². The van der Waals surface area contributed by atoms with E-state index in [9.17, 15) is 9.59 Å². The van der Waals surface area contributed by atoms with Crippen molar-refractivity contribution in [3.05, 3.63) is 81.4 Å². The standard InChI is InChI=1S/C20H18N2O3/c23-19-12-17(21-18-7-3-4-10-22(18)19)13-25-20(24)16-9-8-14-5-1-2-6-15(14)11-16/h3-4,7-12H,1-2,5-6,13H2. The Kier molecular flexibility index (Phi) is 4.06. The van der Waals surface area contributed by atoms with E-state index >= 15 is 0 Å². The van der Waals surface area contributed by atoms with Gasteiger partial charge in [0.1, 0.15) is 12.3 Å². The number of rotatable bonds is 3. The van der Waals surface area contributed by atoms with E-state index < -0.39 is 0 Å². The summed E-state index contributed by atoms with van der Waals surface area (Å²) in [5, 5.41) is 0. The molecule has 0 aliphatic heterocycles. The van der Waals surface area contributed by atoms with Crippen molar-refractivity contribution >= 4 is 11.6 Å². The molecule has 0 bridgehead atoms. The normalized spacial score (nSPS) is 13.4. The summed E-state index contributed by atoms with van der Waals surface area (Å²) >= 11 is 0. The van der Waals surface area contributed by atoms with Crippen LogP contribution in [0.2, 0.25) is 0 Å². The summed E-state index contributed by atoms with van der Waals surface area (Å²) in [6.45, 7) is -0.0173. The molecule has 0 spiro atoms. The van der Waals surface area contributed by atoms with E-state index in [0.717, 1.165) is 19.3 Å². The van der Waals surface area contributed by atoms with Gasteiger partial charge in [0, 0.05) is 12.3 Å². The smallest absolute Gasteiger partial charge is 0.338 e. The number of ether oxygens (including phenoxy) is 1. The lowest BCUT2D eigenvalue weighted by Gasteiger charge is -2.16. The average molecular weight is 334 g/mol. The number of carbonyl (C=O) groups excluding carboxylic acids is 1. The van der Waals surface area contributed by atoms with Crippen molar-refractivity contribution < 1.29 is 9.53 Å². The first kappa shape index (κ1) is 15.6. The summed E-state index contributed by atoms with van der Waals surface area (Å²) in [4.78, 5) is 28.7. The number of esters is 1. The van der Waals surface area contributed by atoms with E-state index in [-0.39, 0.29) is 18.1 Å². The van der Waals surface area contributed by atoms with E-state index in [1.807, 2.05) is 24.3 Å². The van der Waals surface area contributed by atoms with Gasteiger partial charge in [-0.15, -0.1) is 0 Å². The highest BCUT2D eigenvalue weighted by molar-refractivity contribution is 5.89. The molecule has 0 N–H and O–H groups in total. The maximum Gasteiger partial charge on any atom is 0.338 e. The summed E-state index contributed by atoms with van der Waals surface area (Å²) in [6, 6.07) is 12.5. The molecule has 1 aliphatic carbocycles. The number of fused-ring (bicyclic) bond motifs is 2. The van der Waals surface area contributed by atoms with Crippen molar-refractivity contribution in [2.45, 2.75) is 32.3 Å². The van der Waals surface area contributed by atoms with Crippen LogP contribution in [-0.4, -0.2) is 15.4 Å². The Morgan fingerprint density at radius 1 is 1.08 bits per heavy atom. The fourth-order valence-electron chi connectivity index (χ4n) is 3.26. The zero-order valence-electron chi connectivity index (χ0n) is 13.8. The molecule has 5 nitrogen and oxygen atoms in total. The van der Waals surface area contributed by atoms with Crippen LogP contribution in [0, 0.1) is 0 Å². The van der Waals surface area contributed by atoms with E-state index in [1.54, 1.807) is 18.3 Å². The molecule has 0 fully saturated rings. The molecule has 2 aromatic heterocycles. The highest BCUT2D eigenvalue weighted by Gasteiger charge is 2.14. The molecule has 1 aliphatic rings. The Bertz CT molecular complexity index is 1010. The minimum Gasteiger partial charge on any atom is -0.456 e. The van der Waals surface area contributed by atoms with Crippen LogP contribution in [0.15, 0.2) is 53.5 Å². The third-order valence-corrected chi connectivity index (χ3v) is 4.56. The first-order valence-corrected chi connectivity index (χ1v) is 8.47. The van der Waals surface area contributed by atoms with Crippen molar-refractivity contribution in [2.24, 2.45) is 0 Å². The Hall–Kier alpha value is -2.95. The van der Waals surface area contributed by atoms with E-state index in [0.29, 0.717) is 16.9 Å². The molecule has 0 radical (unpaired) electrons. The molecule has 25 heavy (non-hydrogen) atoms. The van der Waals surface area contributed by atoms with Gasteiger partial charge in [0.2, 0.25) is 0 Å². The highest BCUT2D eigenvalue weighted by Crippen LogP contribution is 2.22. The molecule has 1 aromatic carbocycles. The second kappa shape index (κ2) is 6.51. The number of hydrogen-bond acceptors (Lipinski definition) is 4. The fourth-order valence-corrected chi connectivity index (χ4v) is 3.26. The number of aryl methyl sites for hydroxylation is 2. The van der Waals surface area contributed by atoms with Crippen molar-refractivity contribution in [3.8, 4) is 0 Å². The second-order valence-electron chi connectivity index (χ2n) is 6.28. The zero-order valence-corrected chi connectivity index (χ0v) is 13.8. The van der Waals surface area contributed by atoms with Gasteiger partial charge in [-0.3, -0.25) is 9.20 Å². The Morgan fingerprint density at radius 2 is 1.92 bits per heavy atom. The minimum absolute atomic E-state index is 0.0173. The lowest BCUT2D eigenvalue weighted by molar-refractivity contribution is 0.0467. The zero-order chi connectivity index (χ0) is 17.2. The van der Waals surface area contributed by atoms with Gasteiger partial charge < -0.3 is 4.74 Å². The van der Waals surface area contributed by atoms with Crippen LogP contribution < -0.4 is 5.56 Å². The molecule has 0 unspecified atom stereocenters. The summed E-state index contributed by atoms with van der Waals surface area (Å²) < 4.78 is 6.81. The molecular formula is C20H18N2O3. The van der Waals surface area contributed by atoms with E-state index in [4.69, 9.17) is 4.74 Å². The van der Waals surface area contributed by atoms with E-state index in [1.165, 1.54) is 28.0 Å². The Morgan fingerprint density at radius 3 is 2.80 bits per heavy atom. The topological polar surface area (TPSA) is 60.7 Å². The Labute approximate surface area is 144 Å². The van der Waals surface area contributed by atoms with Crippen molar-refractivity contribution in [1.82, 2.24) is 9.38 Å². The number of aromatic nitrogens is 2. The lowest BCUT2D eigenvalue weighted by Crippen LogP contribution is -2.16. The number of nitrogens with zero attached hydrogens (tertiary/aromatic N) is 2. The number of pyridine rings is 1. The highest BCUT2D eigenvalue weighted by atomic mass is 16.5. The monoisotopic (exact) mass is 334 g/mol. The summed E-state index contributed by atoms with van der Waals surface area (Å²) in [6.07, 6.45) is 6.12. The lowest BCUT2D eigenvalue weighted by atomic mass is 9.90. The first-order chi connectivity index (χ1) is 12.2. The quantitative estimate of drug-likeness (QED) is 0.691. The van der Waals surface area contributed by atoms with Gasteiger partial charge in [0.15, 0.2) is 0 Å². The summed E-state index contributed by atoms with van der Waals surface area (Å²) in [7, 11) is 0. The third kappa shape index (κ3) is 3.18. The molecule has 4 rings (SSSR count). The van der Waals surface area contributed by atoms with Crippen molar-refractivity contribution in [2.75, 3.05) is 0 Å². The Balaban J connectivity index is 1.51. The molecule has 3 aromatic rings. The van der Waals surface area contributed by atoms with Crippen LogP contribution in [0.3, 0.4) is 0 Å². The minimum atomic E-state index is -0.386. The molecule has 0 saturated carbocycles. The molecule has 0 saturated heterocycles. The van der Waals surface area contributed by atoms with Gasteiger partial charge in [-0.05, 0) is 61.1 Å². The van der Waals surface area contributed by atoms with Gasteiger partial charge in [-0.1, -0.05) is 12.1 Å². The predicted octanol–water partition coefficient (Wildman–Crippen LogP) is 2.93. The van der Waals surface area contributed by atoms with Gasteiger partial charge in [0.25, 0.3) is 5.56 Å². The van der Waals surface area contributed by atoms with E-state index in [2.05, 4.69) is 4.98 Å². The molecule has 0 amide bonds. The predicted molar refractivity (Wildman–Crippen MR) is 93.7 cm³/mol. The molecular weight excluding hydrogens is 316 g/mol. The maximum absolute atomic E-state index is 12.3. The molecule has 0 atom stereocenters. The number of hydrogen-bond donors (Lipinski definition) is 0. The molecule has 126 valence electrons. The largest absolute Gasteiger partial charge is 0.456 e. The molecule has 5 heteroatoms. The molecule has 2 heterocycles. The van der Waals surface area contributed by atoms with Gasteiger partial charge >= 0.3 is 5.97 Å². The average Bonchev–Trinajstić information content (AvgIpc) is 2.66. The fraction of sp³-hybridized carbons (Fsp3) is 0.250. The second-order valence-corrected chi connectivity index (χ2v) is 6.28. The van der Waals surface area contributed by atoms with Gasteiger partial charge in [0.05, 0.1) is 11.3 Å². The van der Waals surface area contributed by atoms with Gasteiger partial charge in [-0.25, -0.2) is 9.78 Å². The summed E-state index contributed by atoms with van der Waals surface area (Å²) in [5.41, 5.74) is 3.91. The SMILES string of the molecule is O=C(OCc1cc(=O)n2ccccc2n1)c1ccc2c(c1)CCCC2.